The first kappa shape index (κ1) is 8.08. The normalized spacial score (nSPS) is 19.6. The number of allylic oxidation sites excluding steroid dienone is 3. The average Bonchev–Trinajstić information content (AvgIpc) is 2.07. The van der Waals surface area contributed by atoms with Gasteiger partial charge in [0.05, 0.1) is 0 Å². The Hall–Kier alpha value is -1.02. The van der Waals surface area contributed by atoms with Crippen LogP contribution in [0.15, 0.2) is 36.1 Å². The molecule has 1 unspecified atom stereocenters. The van der Waals surface area contributed by atoms with E-state index in [0.29, 0.717) is 0 Å². The first-order valence-corrected chi connectivity index (χ1v) is 3.82. The quantitative estimate of drug-likeness (QED) is 0.575. The van der Waals surface area contributed by atoms with Crippen LogP contribution in [0.4, 0.5) is 0 Å². The summed E-state index contributed by atoms with van der Waals surface area (Å²) in [5.74, 6) is 0. The summed E-state index contributed by atoms with van der Waals surface area (Å²) in [4.78, 5) is 0. The van der Waals surface area contributed by atoms with Crippen molar-refractivity contribution in [2.45, 2.75) is 13.0 Å². The molecule has 60 valence electrons. The van der Waals surface area contributed by atoms with Crippen LogP contribution < -0.4 is 11.1 Å². The maximum Gasteiger partial charge on any atom is 0.0460 e. The van der Waals surface area contributed by atoms with Gasteiger partial charge in [0.2, 0.25) is 0 Å². The minimum atomic E-state index is 0.0671. The van der Waals surface area contributed by atoms with Gasteiger partial charge in [-0.1, -0.05) is 18.2 Å². The van der Waals surface area contributed by atoms with Crippen molar-refractivity contribution < 1.29 is 0 Å². The molecule has 1 rings (SSSR count). The lowest BCUT2D eigenvalue weighted by atomic mass is 10.1. The molecule has 0 aromatic carbocycles. The van der Waals surface area contributed by atoms with Crippen molar-refractivity contribution in [3.63, 3.8) is 0 Å². The maximum absolute atomic E-state index is 5.83. The Morgan fingerprint density at radius 3 is 3.09 bits per heavy atom. The van der Waals surface area contributed by atoms with Crippen LogP contribution in [0.1, 0.15) is 6.92 Å². The van der Waals surface area contributed by atoms with E-state index in [1.165, 1.54) is 5.57 Å². The van der Waals surface area contributed by atoms with Gasteiger partial charge >= 0.3 is 0 Å². The number of hydrogen-bond donors (Lipinski definition) is 2. The molecule has 1 aliphatic heterocycles. The molecule has 0 spiro atoms. The van der Waals surface area contributed by atoms with Gasteiger partial charge in [-0.3, -0.25) is 0 Å². The molecule has 0 saturated heterocycles. The fourth-order valence-electron chi connectivity index (χ4n) is 1.04. The van der Waals surface area contributed by atoms with E-state index in [1.807, 2.05) is 31.4 Å². The van der Waals surface area contributed by atoms with Crippen molar-refractivity contribution >= 4 is 0 Å². The molecular weight excluding hydrogens is 136 g/mol. The second-order valence-corrected chi connectivity index (χ2v) is 2.53. The lowest BCUT2D eigenvalue weighted by Gasteiger charge is -2.14. The fourth-order valence-corrected chi connectivity index (χ4v) is 1.04. The molecule has 0 aromatic rings. The molecule has 0 radical (unpaired) electrons. The van der Waals surface area contributed by atoms with E-state index < -0.39 is 0 Å². The summed E-state index contributed by atoms with van der Waals surface area (Å²) in [5, 5.41) is 3.11. The van der Waals surface area contributed by atoms with E-state index in [1.54, 1.807) is 0 Å². The predicted octanol–water partition coefficient (Wildman–Crippen LogP) is 0.933. The van der Waals surface area contributed by atoms with Gasteiger partial charge in [-0.05, 0) is 24.8 Å². The fraction of sp³-hybridized carbons (Fsp3) is 0.333. The van der Waals surface area contributed by atoms with Crippen molar-refractivity contribution in [3.05, 3.63) is 36.1 Å². The molecule has 0 aliphatic carbocycles. The number of nitrogens with one attached hydrogen (secondary N) is 1. The Balaban J connectivity index is 2.58. The second-order valence-electron chi connectivity index (χ2n) is 2.53. The molecule has 1 atom stereocenters. The molecule has 0 bridgehead atoms. The standard InChI is InChI=1S/C9H14N2/c1-2-4-9(10)8-5-3-6-11-7-8/h2-6,9,11H,7,10H2,1H3. The minimum Gasteiger partial charge on any atom is -0.387 e. The number of nitrogens with two attached hydrogens (primary N) is 1. The van der Waals surface area contributed by atoms with Gasteiger partial charge in [-0.2, -0.15) is 0 Å². The van der Waals surface area contributed by atoms with Gasteiger partial charge in [-0.25, -0.2) is 0 Å². The summed E-state index contributed by atoms with van der Waals surface area (Å²) in [7, 11) is 0. The van der Waals surface area contributed by atoms with Crippen LogP contribution in [0.2, 0.25) is 0 Å². The molecule has 1 heterocycles. The third-order valence-corrected chi connectivity index (χ3v) is 1.66. The highest BCUT2D eigenvalue weighted by atomic mass is 14.8. The molecule has 1 aliphatic rings. The van der Waals surface area contributed by atoms with E-state index in [2.05, 4.69) is 11.4 Å². The Morgan fingerprint density at radius 1 is 1.73 bits per heavy atom. The summed E-state index contributed by atoms with van der Waals surface area (Å²) in [5.41, 5.74) is 7.06. The highest BCUT2D eigenvalue weighted by Gasteiger charge is 2.04. The van der Waals surface area contributed by atoms with Crippen molar-refractivity contribution in [2.24, 2.45) is 5.73 Å². The van der Waals surface area contributed by atoms with E-state index in [0.717, 1.165) is 6.54 Å². The van der Waals surface area contributed by atoms with Crippen molar-refractivity contribution in [3.8, 4) is 0 Å². The minimum absolute atomic E-state index is 0.0671. The molecule has 11 heavy (non-hydrogen) atoms. The van der Waals surface area contributed by atoms with Gasteiger partial charge in [0.25, 0.3) is 0 Å². The summed E-state index contributed by atoms with van der Waals surface area (Å²) in [6.07, 6.45) is 9.92. The summed E-state index contributed by atoms with van der Waals surface area (Å²) in [6.45, 7) is 2.84. The van der Waals surface area contributed by atoms with Gasteiger partial charge in [-0.15, -0.1) is 0 Å². The molecule has 0 amide bonds. The first-order chi connectivity index (χ1) is 5.34. The van der Waals surface area contributed by atoms with Crippen LogP contribution in [-0.2, 0) is 0 Å². The Kier molecular flexibility index (Phi) is 2.93. The summed E-state index contributed by atoms with van der Waals surface area (Å²) >= 11 is 0. The van der Waals surface area contributed by atoms with Crippen LogP contribution in [-0.4, -0.2) is 12.6 Å². The zero-order valence-corrected chi connectivity index (χ0v) is 6.75. The number of dihydropyridines is 1. The van der Waals surface area contributed by atoms with E-state index in [9.17, 15) is 0 Å². The van der Waals surface area contributed by atoms with Crippen LogP contribution in [0, 0.1) is 0 Å². The maximum atomic E-state index is 5.83. The smallest absolute Gasteiger partial charge is 0.0460 e. The van der Waals surface area contributed by atoms with Crippen LogP contribution in [0.3, 0.4) is 0 Å². The molecule has 0 aromatic heterocycles. The molecule has 3 N–H and O–H groups in total. The van der Waals surface area contributed by atoms with Gasteiger partial charge in [0, 0.05) is 12.6 Å². The van der Waals surface area contributed by atoms with Gasteiger partial charge < -0.3 is 11.1 Å². The predicted molar refractivity (Wildman–Crippen MR) is 48.0 cm³/mol. The van der Waals surface area contributed by atoms with Crippen molar-refractivity contribution in [1.29, 1.82) is 0 Å². The molecule has 2 heteroatoms. The average molecular weight is 150 g/mol. The molecule has 2 nitrogen and oxygen atoms in total. The Bertz CT molecular complexity index is 202. The third-order valence-electron chi connectivity index (χ3n) is 1.66. The van der Waals surface area contributed by atoms with Crippen molar-refractivity contribution in [1.82, 2.24) is 5.32 Å². The monoisotopic (exact) mass is 150 g/mol. The second kappa shape index (κ2) is 3.98. The third kappa shape index (κ3) is 2.24. The van der Waals surface area contributed by atoms with E-state index >= 15 is 0 Å². The molecular formula is C9H14N2. The SMILES string of the molecule is CC=CC(N)C1=CC=CNC1. The lowest BCUT2D eigenvalue weighted by Crippen LogP contribution is -2.27. The van der Waals surface area contributed by atoms with Crippen LogP contribution in [0.5, 0.6) is 0 Å². The van der Waals surface area contributed by atoms with Crippen LogP contribution in [0.25, 0.3) is 0 Å². The van der Waals surface area contributed by atoms with E-state index in [-0.39, 0.29) is 6.04 Å². The number of hydrogen-bond acceptors (Lipinski definition) is 2. The molecule has 0 fully saturated rings. The highest BCUT2D eigenvalue weighted by Crippen LogP contribution is 2.03. The van der Waals surface area contributed by atoms with Crippen LogP contribution >= 0.6 is 0 Å². The molecule has 0 saturated carbocycles. The zero-order valence-electron chi connectivity index (χ0n) is 6.75. The largest absolute Gasteiger partial charge is 0.387 e. The Morgan fingerprint density at radius 2 is 2.55 bits per heavy atom. The van der Waals surface area contributed by atoms with Gasteiger partial charge in [0.1, 0.15) is 0 Å². The highest BCUT2D eigenvalue weighted by molar-refractivity contribution is 5.26. The summed E-state index contributed by atoms with van der Waals surface area (Å²) < 4.78 is 0. The van der Waals surface area contributed by atoms with E-state index in [4.69, 9.17) is 5.73 Å². The topological polar surface area (TPSA) is 38.0 Å². The van der Waals surface area contributed by atoms with Crippen molar-refractivity contribution in [2.75, 3.05) is 6.54 Å². The first-order valence-electron chi connectivity index (χ1n) is 3.82. The zero-order chi connectivity index (χ0) is 8.10. The van der Waals surface area contributed by atoms with Gasteiger partial charge in [0.15, 0.2) is 0 Å². The lowest BCUT2D eigenvalue weighted by molar-refractivity contribution is 0.824. The number of rotatable bonds is 2. The summed E-state index contributed by atoms with van der Waals surface area (Å²) in [6, 6.07) is 0.0671. The Labute approximate surface area is 67.5 Å².